The maximum Gasteiger partial charge on any atom is 0.253 e. The standard InChI is InChI=1S/C33H27BrClN3O2S/c1-40-26-16-12-23(13-17-26)31-18-29(22-10-14-25(34)15-11-22)36-38(31)33(39)21-41-32-20-37(30-9-5-3-7-27(30)32)19-24-6-2-4-8-28(24)35/h2-17,20,31H,18-19,21H2,1H3. The van der Waals surface area contributed by atoms with E-state index in [-0.39, 0.29) is 17.7 Å². The summed E-state index contributed by atoms with van der Waals surface area (Å²) >= 11 is 11.5. The van der Waals surface area contributed by atoms with Crippen LogP contribution in [0.5, 0.6) is 5.75 Å². The zero-order valence-corrected chi connectivity index (χ0v) is 25.5. The number of carbonyl (C=O) groups excluding carboxylic acids is 1. The zero-order chi connectivity index (χ0) is 28.3. The van der Waals surface area contributed by atoms with Crippen molar-refractivity contribution in [2.75, 3.05) is 12.9 Å². The Kier molecular flexibility index (Phi) is 8.19. The quantitative estimate of drug-likeness (QED) is 0.159. The molecule has 4 aromatic carbocycles. The third-order valence-corrected chi connectivity index (χ3v) is 9.17. The van der Waals surface area contributed by atoms with Crippen LogP contribution in [-0.4, -0.2) is 34.1 Å². The molecule has 0 radical (unpaired) electrons. The molecule has 0 bridgehead atoms. The van der Waals surface area contributed by atoms with E-state index in [2.05, 4.69) is 38.8 Å². The molecule has 0 saturated carbocycles. The van der Waals surface area contributed by atoms with Crippen LogP contribution in [0.4, 0.5) is 0 Å². The van der Waals surface area contributed by atoms with Crippen molar-refractivity contribution in [1.29, 1.82) is 0 Å². The molecule has 1 amide bonds. The van der Waals surface area contributed by atoms with Crippen LogP contribution in [0.2, 0.25) is 5.02 Å². The number of halogens is 2. The van der Waals surface area contributed by atoms with Crippen LogP contribution < -0.4 is 4.74 Å². The number of carbonyl (C=O) groups is 1. The van der Waals surface area contributed by atoms with E-state index in [1.54, 1.807) is 23.9 Å². The molecule has 6 rings (SSSR count). The Labute approximate surface area is 256 Å². The summed E-state index contributed by atoms with van der Waals surface area (Å²) in [5.74, 6) is 1.01. The van der Waals surface area contributed by atoms with E-state index in [0.717, 1.165) is 53.4 Å². The molecule has 5 nitrogen and oxygen atoms in total. The first-order chi connectivity index (χ1) is 20.0. The van der Waals surface area contributed by atoms with Gasteiger partial charge in [-0.3, -0.25) is 4.79 Å². The lowest BCUT2D eigenvalue weighted by Crippen LogP contribution is -2.28. The van der Waals surface area contributed by atoms with Gasteiger partial charge in [-0.25, -0.2) is 5.01 Å². The minimum Gasteiger partial charge on any atom is -0.497 e. The van der Waals surface area contributed by atoms with Crippen LogP contribution in [0.15, 0.2) is 118 Å². The molecule has 1 aromatic heterocycles. The predicted octanol–water partition coefficient (Wildman–Crippen LogP) is 8.58. The first kappa shape index (κ1) is 27.6. The Morgan fingerprint density at radius 3 is 2.49 bits per heavy atom. The fourth-order valence-corrected chi connectivity index (χ4v) is 6.52. The van der Waals surface area contributed by atoms with Gasteiger partial charge in [0.1, 0.15) is 5.75 Å². The Morgan fingerprint density at radius 2 is 1.73 bits per heavy atom. The molecule has 206 valence electrons. The second kappa shape index (κ2) is 12.1. The van der Waals surface area contributed by atoms with Gasteiger partial charge in [-0.15, -0.1) is 11.8 Å². The summed E-state index contributed by atoms with van der Waals surface area (Å²) in [5.41, 5.74) is 5.09. The first-order valence-electron chi connectivity index (χ1n) is 13.2. The SMILES string of the molecule is COc1ccc(C2CC(c3ccc(Br)cc3)=NN2C(=O)CSc2cn(Cc3ccccc3Cl)c3ccccc23)cc1. The van der Waals surface area contributed by atoms with Crippen LogP contribution in [-0.2, 0) is 11.3 Å². The van der Waals surface area contributed by atoms with Crippen LogP contribution in [0.1, 0.15) is 29.2 Å². The van der Waals surface area contributed by atoms with Gasteiger partial charge in [-0.05, 0) is 53.1 Å². The number of para-hydroxylation sites is 1. The van der Waals surface area contributed by atoms with Crippen molar-refractivity contribution in [2.24, 2.45) is 5.10 Å². The molecule has 0 N–H and O–H groups in total. The van der Waals surface area contributed by atoms with Crippen molar-refractivity contribution in [3.05, 3.63) is 129 Å². The van der Waals surface area contributed by atoms with Crippen molar-refractivity contribution in [3.63, 3.8) is 0 Å². The van der Waals surface area contributed by atoms with Gasteiger partial charge in [0.05, 0.1) is 24.6 Å². The number of amides is 1. The number of hydrazone groups is 1. The molecule has 1 atom stereocenters. The number of benzene rings is 4. The molecule has 0 saturated heterocycles. The maximum atomic E-state index is 13.8. The van der Waals surface area contributed by atoms with Crippen molar-refractivity contribution in [1.82, 2.24) is 9.58 Å². The lowest BCUT2D eigenvalue weighted by molar-refractivity contribution is -0.130. The van der Waals surface area contributed by atoms with Crippen molar-refractivity contribution in [3.8, 4) is 5.75 Å². The number of ether oxygens (including phenoxy) is 1. The maximum absolute atomic E-state index is 13.8. The van der Waals surface area contributed by atoms with Gasteiger partial charge in [0.15, 0.2) is 0 Å². The Hall–Kier alpha value is -3.52. The third kappa shape index (κ3) is 5.94. The van der Waals surface area contributed by atoms with E-state index >= 15 is 0 Å². The van der Waals surface area contributed by atoms with Gasteiger partial charge in [0, 0.05) is 44.5 Å². The molecule has 0 spiro atoms. The molecule has 0 aliphatic carbocycles. The van der Waals surface area contributed by atoms with Gasteiger partial charge < -0.3 is 9.30 Å². The summed E-state index contributed by atoms with van der Waals surface area (Å²) in [5, 5.41) is 8.37. The third-order valence-electron chi connectivity index (χ3n) is 7.25. The number of fused-ring (bicyclic) bond motifs is 1. The summed E-state index contributed by atoms with van der Waals surface area (Å²) in [6.45, 7) is 0.654. The number of nitrogens with zero attached hydrogens (tertiary/aromatic N) is 3. The molecular weight excluding hydrogens is 618 g/mol. The fourth-order valence-electron chi connectivity index (χ4n) is 5.12. The van der Waals surface area contributed by atoms with Gasteiger partial charge in [0.25, 0.3) is 5.91 Å². The highest BCUT2D eigenvalue weighted by molar-refractivity contribution is 9.10. The second-order valence-corrected chi connectivity index (χ2v) is 12.1. The molecule has 1 unspecified atom stereocenters. The summed E-state index contributed by atoms with van der Waals surface area (Å²) in [7, 11) is 1.65. The minimum atomic E-state index is -0.186. The average molecular weight is 645 g/mol. The number of rotatable bonds is 8. The summed E-state index contributed by atoms with van der Waals surface area (Å²) in [6, 6.07) is 31.9. The number of hydrogen-bond acceptors (Lipinski definition) is 4. The predicted molar refractivity (Wildman–Crippen MR) is 171 cm³/mol. The van der Waals surface area contributed by atoms with E-state index in [4.69, 9.17) is 21.4 Å². The van der Waals surface area contributed by atoms with Crippen LogP contribution in [0.25, 0.3) is 10.9 Å². The zero-order valence-electron chi connectivity index (χ0n) is 22.3. The fraction of sp³-hybridized carbons (Fsp3) is 0.152. The average Bonchev–Trinajstić information content (AvgIpc) is 3.60. The second-order valence-electron chi connectivity index (χ2n) is 9.80. The summed E-state index contributed by atoms with van der Waals surface area (Å²) in [4.78, 5) is 14.8. The molecule has 0 fully saturated rings. The molecular formula is C33H27BrClN3O2S. The lowest BCUT2D eigenvalue weighted by Gasteiger charge is -2.22. The Bertz CT molecular complexity index is 1730. The van der Waals surface area contributed by atoms with Crippen molar-refractivity contribution >= 4 is 61.8 Å². The summed E-state index contributed by atoms with van der Waals surface area (Å²) in [6.07, 6.45) is 2.76. The molecule has 8 heteroatoms. The molecule has 2 heterocycles. The van der Waals surface area contributed by atoms with E-state index in [1.807, 2.05) is 84.9 Å². The van der Waals surface area contributed by atoms with Gasteiger partial charge in [-0.1, -0.05) is 88.2 Å². The number of aromatic nitrogens is 1. The van der Waals surface area contributed by atoms with Gasteiger partial charge >= 0.3 is 0 Å². The highest BCUT2D eigenvalue weighted by atomic mass is 79.9. The first-order valence-corrected chi connectivity index (χ1v) is 15.4. The highest BCUT2D eigenvalue weighted by Crippen LogP contribution is 2.36. The van der Waals surface area contributed by atoms with E-state index in [0.29, 0.717) is 13.0 Å². The van der Waals surface area contributed by atoms with Crippen LogP contribution in [0.3, 0.4) is 0 Å². The summed E-state index contributed by atoms with van der Waals surface area (Å²) < 4.78 is 8.55. The minimum absolute atomic E-state index is 0.0362. The Balaban J connectivity index is 1.26. The van der Waals surface area contributed by atoms with Crippen LogP contribution >= 0.6 is 39.3 Å². The normalized spacial score (nSPS) is 14.9. The smallest absolute Gasteiger partial charge is 0.253 e. The molecule has 5 aromatic rings. The van der Waals surface area contributed by atoms with E-state index in [1.165, 1.54) is 0 Å². The number of methoxy groups -OCH3 is 1. The number of thioether (sulfide) groups is 1. The Morgan fingerprint density at radius 1 is 1.00 bits per heavy atom. The van der Waals surface area contributed by atoms with E-state index < -0.39 is 0 Å². The van der Waals surface area contributed by atoms with Crippen molar-refractivity contribution < 1.29 is 9.53 Å². The molecule has 1 aliphatic rings. The van der Waals surface area contributed by atoms with Gasteiger partial charge in [-0.2, -0.15) is 5.10 Å². The topological polar surface area (TPSA) is 46.8 Å². The number of hydrogen-bond donors (Lipinski definition) is 0. The van der Waals surface area contributed by atoms with Crippen molar-refractivity contribution in [2.45, 2.75) is 23.9 Å². The molecule has 41 heavy (non-hydrogen) atoms. The monoisotopic (exact) mass is 643 g/mol. The van der Waals surface area contributed by atoms with E-state index in [9.17, 15) is 4.79 Å². The molecule has 1 aliphatic heterocycles. The van der Waals surface area contributed by atoms with Crippen LogP contribution in [0, 0.1) is 0 Å². The lowest BCUT2D eigenvalue weighted by atomic mass is 9.98. The highest BCUT2D eigenvalue weighted by Gasteiger charge is 2.33. The van der Waals surface area contributed by atoms with Gasteiger partial charge in [0.2, 0.25) is 0 Å². The largest absolute Gasteiger partial charge is 0.497 e.